The van der Waals surface area contributed by atoms with Crippen molar-refractivity contribution in [3.63, 3.8) is 0 Å². The molecule has 0 fully saturated rings. The maximum Gasteiger partial charge on any atom is 0.251 e. The van der Waals surface area contributed by atoms with Crippen molar-refractivity contribution in [1.82, 2.24) is 5.32 Å². The van der Waals surface area contributed by atoms with Gasteiger partial charge in [0.1, 0.15) is 5.76 Å². The van der Waals surface area contributed by atoms with E-state index in [9.17, 15) is 9.90 Å². The molecule has 29 heavy (non-hydrogen) atoms. The molecule has 146 valence electrons. The lowest BCUT2D eigenvalue weighted by atomic mass is 9.99. The molecular formula is C25H24N2O2. The van der Waals surface area contributed by atoms with E-state index in [1.165, 1.54) is 0 Å². The summed E-state index contributed by atoms with van der Waals surface area (Å²) in [5, 5.41) is 13.5. The van der Waals surface area contributed by atoms with Gasteiger partial charge in [-0.3, -0.25) is 4.79 Å². The molecule has 4 rings (SSSR count). The van der Waals surface area contributed by atoms with Crippen LogP contribution in [0.4, 0.5) is 5.69 Å². The number of para-hydroxylation sites is 1. The Kier molecular flexibility index (Phi) is 5.09. The van der Waals surface area contributed by atoms with Crippen molar-refractivity contribution < 1.29 is 9.90 Å². The van der Waals surface area contributed by atoms with E-state index < -0.39 is 6.04 Å². The fourth-order valence-corrected chi connectivity index (χ4v) is 3.81. The van der Waals surface area contributed by atoms with E-state index in [1.54, 1.807) is 6.08 Å². The first-order valence-electron chi connectivity index (χ1n) is 9.73. The fraction of sp³-hybridized carbons (Fsp3) is 0.160. The zero-order valence-corrected chi connectivity index (χ0v) is 16.5. The minimum absolute atomic E-state index is 0.0499. The van der Waals surface area contributed by atoms with Gasteiger partial charge in [0.15, 0.2) is 6.04 Å². The van der Waals surface area contributed by atoms with E-state index in [2.05, 4.69) is 29.6 Å². The molecule has 1 heterocycles. The van der Waals surface area contributed by atoms with Crippen molar-refractivity contribution in [2.45, 2.75) is 19.0 Å². The van der Waals surface area contributed by atoms with Crippen LogP contribution in [0, 0.1) is 0 Å². The van der Waals surface area contributed by atoms with Crippen LogP contribution in [0.25, 0.3) is 17.2 Å². The number of likely N-dealkylation sites (N-methyl/N-ethyl adjacent to an activating group) is 1. The lowest BCUT2D eigenvalue weighted by Gasteiger charge is -2.33. The number of amides is 1. The summed E-state index contributed by atoms with van der Waals surface area (Å²) in [6.45, 7) is 1.96. The molecule has 0 aliphatic carbocycles. The first-order chi connectivity index (χ1) is 14.0. The number of benzene rings is 3. The van der Waals surface area contributed by atoms with Crippen LogP contribution in [0.3, 0.4) is 0 Å². The largest absolute Gasteiger partial charge is 0.510 e. The van der Waals surface area contributed by atoms with Gasteiger partial charge in [0.25, 0.3) is 5.91 Å². The molecule has 2 atom stereocenters. The molecule has 1 aliphatic rings. The molecule has 3 aromatic carbocycles. The number of aliphatic hydroxyl groups is 1. The molecule has 0 radical (unpaired) electrons. The molecule has 0 aromatic heterocycles. The quantitative estimate of drug-likeness (QED) is 0.669. The Hall–Kier alpha value is -3.53. The molecule has 0 spiro atoms. The van der Waals surface area contributed by atoms with E-state index in [1.807, 2.05) is 73.5 Å². The summed E-state index contributed by atoms with van der Waals surface area (Å²) in [6, 6.07) is 25.1. The predicted octanol–water partition coefficient (Wildman–Crippen LogP) is 4.95. The predicted molar refractivity (Wildman–Crippen MR) is 118 cm³/mol. The van der Waals surface area contributed by atoms with Gasteiger partial charge < -0.3 is 15.3 Å². The van der Waals surface area contributed by atoms with Gasteiger partial charge in [0.2, 0.25) is 0 Å². The van der Waals surface area contributed by atoms with Crippen molar-refractivity contribution in [2.75, 3.05) is 11.9 Å². The van der Waals surface area contributed by atoms with Crippen LogP contribution in [-0.2, 0) is 4.79 Å². The number of aliphatic hydroxyl groups excluding tert-OH is 1. The van der Waals surface area contributed by atoms with Crippen molar-refractivity contribution in [3.8, 4) is 11.1 Å². The summed E-state index contributed by atoms with van der Waals surface area (Å²) in [5.41, 5.74) is 5.08. The molecule has 4 nitrogen and oxygen atoms in total. The number of hydrogen-bond donors (Lipinski definition) is 2. The Balaban J connectivity index is 1.53. The standard InChI is InChI=1S/C25H24N2O2/c1-17(19-12-8-13-20(15-19)18-9-4-3-5-10-18)26-25(29)24-23(28)16-21-11-6-7-14-22(21)27(24)2/h3-17,24,28H,1-2H3,(H,26,29). The maximum atomic E-state index is 13.0. The highest BCUT2D eigenvalue weighted by molar-refractivity contribution is 5.92. The zero-order valence-electron chi connectivity index (χ0n) is 16.5. The SMILES string of the molecule is CC(NC(=O)C1C(O)=Cc2ccccc2N1C)c1cccc(-c2ccccc2)c1. The topological polar surface area (TPSA) is 52.6 Å². The average Bonchev–Trinajstić information content (AvgIpc) is 2.74. The van der Waals surface area contributed by atoms with Crippen LogP contribution in [0.5, 0.6) is 0 Å². The summed E-state index contributed by atoms with van der Waals surface area (Å²) in [7, 11) is 1.83. The van der Waals surface area contributed by atoms with Gasteiger partial charge in [-0.05, 0) is 41.8 Å². The third kappa shape index (κ3) is 3.74. The van der Waals surface area contributed by atoms with Crippen molar-refractivity contribution in [1.29, 1.82) is 0 Å². The van der Waals surface area contributed by atoms with Crippen LogP contribution >= 0.6 is 0 Å². The van der Waals surface area contributed by atoms with Crippen LogP contribution in [0.2, 0.25) is 0 Å². The first-order valence-corrected chi connectivity index (χ1v) is 9.73. The molecular weight excluding hydrogens is 360 g/mol. The van der Waals surface area contributed by atoms with E-state index in [0.29, 0.717) is 0 Å². The second kappa shape index (κ2) is 7.84. The van der Waals surface area contributed by atoms with Crippen LogP contribution in [0.15, 0.2) is 84.6 Å². The lowest BCUT2D eigenvalue weighted by Crippen LogP contribution is -2.48. The molecule has 2 N–H and O–H groups in total. The van der Waals surface area contributed by atoms with Crippen LogP contribution < -0.4 is 10.2 Å². The molecule has 0 saturated carbocycles. The van der Waals surface area contributed by atoms with Crippen molar-refractivity contribution >= 4 is 17.7 Å². The fourth-order valence-electron chi connectivity index (χ4n) is 3.81. The van der Waals surface area contributed by atoms with Gasteiger partial charge >= 0.3 is 0 Å². The minimum atomic E-state index is -0.746. The Morgan fingerprint density at radius 1 is 0.966 bits per heavy atom. The van der Waals surface area contributed by atoms with Crippen molar-refractivity contribution in [3.05, 3.63) is 95.7 Å². The molecule has 1 aliphatic heterocycles. The monoisotopic (exact) mass is 384 g/mol. The number of rotatable bonds is 4. The zero-order chi connectivity index (χ0) is 20.4. The van der Waals surface area contributed by atoms with E-state index in [4.69, 9.17) is 0 Å². The summed E-state index contributed by atoms with van der Waals surface area (Å²) >= 11 is 0. The number of carbonyl (C=O) groups is 1. The number of hydrogen-bond acceptors (Lipinski definition) is 3. The normalized spacial score (nSPS) is 16.6. The highest BCUT2D eigenvalue weighted by Crippen LogP contribution is 2.31. The molecule has 0 bridgehead atoms. The van der Waals surface area contributed by atoms with Crippen LogP contribution in [0.1, 0.15) is 24.1 Å². The second-order valence-electron chi connectivity index (χ2n) is 7.36. The smallest absolute Gasteiger partial charge is 0.251 e. The van der Waals surface area contributed by atoms with E-state index >= 15 is 0 Å². The molecule has 2 unspecified atom stereocenters. The number of nitrogens with one attached hydrogen (secondary N) is 1. The summed E-state index contributed by atoms with van der Waals surface area (Å²) in [5.74, 6) is -0.178. The molecule has 0 saturated heterocycles. The van der Waals surface area contributed by atoms with Gasteiger partial charge in [-0.15, -0.1) is 0 Å². The number of nitrogens with zero attached hydrogens (tertiary/aromatic N) is 1. The van der Waals surface area contributed by atoms with Gasteiger partial charge in [0.05, 0.1) is 6.04 Å². The minimum Gasteiger partial charge on any atom is -0.510 e. The van der Waals surface area contributed by atoms with Gasteiger partial charge in [0, 0.05) is 18.3 Å². The lowest BCUT2D eigenvalue weighted by molar-refractivity contribution is -0.122. The highest BCUT2D eigenvalue weighted by atomic mass is 16.3. The number of fused-ring (bicyclic) bond motifs is 1. The molecule has 3 aromatic rings. The molecule has 4 heteroatoms. The maximum absolute atomic E-state index is 13.0. The summed E-state index contributed by atoms with van der Waals surface area (Å²) < 4.78 is 0. The summed E-state index contributed by atoms with van der Waals surface area (Å²) in [6.07, 6.45) is 1.67. The van der Waals surface area contributed by atoms with Crippen molar-refractivity contribution in [2.24, 2.45) is 0 Å². The highest BCUT2D eigenvalue weighted by Gasteiger charge is 2.32. The van der Waals surface area contributed by atoms with E-state index in [0.717, 1.165) is 27.9 Å². The van der Waals surface area contributed by atoms with Gasteiger partial charge in [-0.25, -0.2) is 0 Å². The van der Waals surface area contributed by atoms with E-state index in [-0.39, 0.29) is 17.7 Å². The Morgan fingerprint density at radius 2 is 1.66 bits per heavy atom. The van der Waals surface area contributed by atoms with Gasteiger partial charge in [-0.2, -0.15) is 0 Å². The Morgan fingerprint density at radius 3 is 2.45 bits per heavy atom. The van der Waals surface area contributed by atoms with Crippen LogP contribution in [-0.4, -0.2) is 24.1 Å². The second-order valence-corrected chi connectivity index (χ2v) is 7.36. The Bertz CT molecular complexity index is 1060. The Labute approximate surface area is 171 Å². The molecule has 1 amide bonds. The summed E-state index contributed by atoms with van der Waals surface area (Å²) in [4.78, 5) is 14.8. The third-order valence-electron chi connectivity index (χ3n) is 5.39. The van der Waals surface area contributed by atoms with Gasteiger partial charge in [-0.1, -0.05) is 66.7 Å². The number of anilines is 1. The number of carbonyl (C=O) groups excluding carboxylic acids is 1. The third-order valence-corrected chi connectivity index (χ3v) is 5.39. The first kappa shape index (κ1) is 18.8. The average molecular weight is 384 g/mol.